The molecule has 7 heteroatoms. The van der Waals surface area contributed by atoms with Crippen molar-refractivity contribution in [3.63, 3.8) is 0 Å². The average Bonchev–Trinajstić information content (AvgIpc) is 2.78. The first-order valence-electron chi connectivity index (χ1n) is 5.94. The van der Waals surface area contributed by atoms with Crippen molar-refractivity contribution in [3.05, 3.63) is 57.5 Å². The minimum Gasteiger partial charge on any atom is -0.358 e. The fraction of sp³-hybridized carbons (Fsp3) is 0.231. The second kappa shape index (κ2) is 5.60. The van der Waals surface area contributed by atoms with Crippen LogP contribution in [-0.4, -0.2) is 20.5 Å². The van der Waals surface area contributed by atoms with Crippen molar-refractivity contribution in [1.82, 2.24) is 9.78 Å². The number of hydrogen-bond acceptors (Lipinski definition) is 4. The van der Waals surface area contributed by atoms with Crippen LogP contribution in [-0.2, 0) is 6.54 Å². The van der Waals surface area contributed by atoms with Gasteiger partial charge in [0.25, 0.3) is 0 Å². The van der Waals surface area contributed by atoms with Gasteiger partial charge in [-0.05, 0) is 36.1 Å². The molecule has 1 aromatic heterocycles. The lowest BCUT2D eigenvalue weighted by Crippen LogP contribution is -2.07. The van der Waals surface area contributed by atoms with Gasteiger partial charge in [0.05, 0.1) is 23.4 Å². The molecule has 2 aromatic rings. The van der Waals surface area contributed by atoms with Crippen molar-refractivity contribution in [2.24, 2.45) is 0 Å². The van der Waals surface area contributed by atoms with Crippen molar-refractivity contribution in [2.45, 2.75) is 19.9 Å². The van der Waals surface area contributed by atoms with Gasteiger partial charge in [-0.15, -0.1) is 0 Å². The lowest BCUT2D eigenvalue weighted by molar-refractivity contribution is -0.390. The van der Waals surface area contributed by atoms with Crippen LogP contribution in [0.5, 0.6) is 0 Å². The molecule has 0 aliphatic rings. The molecule has 20 heavy (non-hydrogen) atoms. The number of aromatic nitrogens is 2. The maximum atomic E-state index is 12.7. The van der Waals surface area contributed by atoms with E-state index in [0.717, 1.165) is 0 Å². The summed E-state index contributed by atoms with van der Waals surface area (Å²) in [5.74, 6) is -0.778. The van der Waals surface area contributed by atoms with Gasteiger partial charge in [-0.1, -0.05) is 0 Å². The number of hydrogen-bond donors (Lipinski definition) is 0. The number of rotatable bonds is 5. The van der Waals surface area contributed by atoms with Crippen LogP contribution in [0.4, 0.5) is 10.2 Å². The Morgan fingerprint density at radius 2 is 2.05 bits per heavy atom. The van der Waals surface area contributed by atoms with Crippen LogP contribution in [0.2, 0.25) is 0 Å². The van der Waals surface area contributed by atoms with Crippen LogP contribution >= 0.6 is 0 Å². The van der Waals surface area contributed by atoms with Crippen molar-refractivity contribution in [3.8, 4) is 0 Å². The Morgan fingerprint density at radius 3 is 2.60 bits per heavy atom. The Hall–Kier alpha value is -2.57. The Kier molecular flexibility index (Phi) is 3.88. The van der Waals surface area contributed by atoms with Gasteiger partial charge in [0.15, 0.2) is 5.78 Å². The highest BCUT2D eigenvalue weighted by atomic mass is 19.1. The number of Topliss-reactive ketones (excluding diaryl/α,β-unsaturated/α-hetero) is 1. The maximum Gasteiger partial charge on any atom is 0.392 e. The van der Waals surface area contributed by atoms with Gasteiger partial charge in [0.1, 0.15) is 5.82 Å². The van der Waals surface area contributed by atoms with Gasteiger partial charge in [0.2, 0.25) is 0 Å². The van der Waals surface area contributed by atoms with E-state index in [4.69, 9.17) is 0 Å². The highest BCUT2D eigenvalue weighted by Crippen LogP contribution is 2.14. The molecule has 0 aliphatic heterocycles. The summed E-state index contributed by atoms with van der Waals surface area (Å²) in [6.07, 6.45) is 1.67. The Morgan fingerprint density at radius 1 is 1.40 bits per heavy atom. The van der Waals surface area contributed by atoms with Crippen LogP contribution in [0, 0.1) is 22.9 Å². The summed E-state index contributed by atoms with van der Waals surface area (Å²) in [6.45, 7) is 1.83. The molecule has 0 unspecified atom stereocenters. The minimum absolute atomic E-state index is 0.143. The van der Waals surface area contributed by atoms with Crippen LogP contribution in [0.3, 0.4) is 0 Å². The summed E-state index contributed by atoms with van der Waals surface area (Å²) in [5.41, 5.74) is 0.856. The molecule has 0 saturated carbocycles. The standard InChI is InChI=1S/C13H12FN3O3/c1-9-8-16(15-13(9)17(19)20)7-6-12(18)10-2-4-11(14)5-3-10/h2-5,8H,6-7H2,1H3. The van der Waals surface area contributed by atoms with Gasteiger partial charge >= 0.3 is 5.82 Å². The molecule has 0 N–H and O–H groups in total. The number of halogens is 1. The van der Waals surface area contributed by atoms with Gasteiger partial charge in [0, 0.05) is 12.0 Å². The summed E-state index contributed by atoms with van der Waals surface area (Å²) in [7, 11) is 0. The molecule has 0 bridgehead atoms. The first-order chi connectivity index (χ1) is 9.47. The predicted molar refractivity (Wildman–Crippen MR) is 69.0 cm³/mol. The SMILES string of the molecule is Cc1cn(CCC(=O)c2ccc(F)cc2)nc1[N+](=O)[O-]. The number of aryl methyl sites for hydroxylation is 2. The molecule has 0 atom stereocenters. The van der Waals surface area contributed by atoms with Gasteiger partial charge in [-0.3, -0.25) is 4.79 Å². The quantitative estimate of drug-likeness (QED) is 0.478. The maximum absolute atomic E-state index is 12.7. The van der Waals surface area contributed by atoms with E-state index >= 15 is 0 Å². The fourth-order valence-electron chi connectivity index (χ4n) is 1.80. The summed E-state index contributed by atoms with van der Waals surface area (Å²) >= 11 is 0. The monoisotopic (exact) mass is 277 g/mol. The first kappa shape index (κ1) is 13.9. The largest absolute Gasteiger partial charge is 0.392 e. The number of nitrogens with zero attached hydrogens (tertiary/aromatic N) is 3. The van der Waals surface area contributed by atoms with Crippen molar-refractivity contribution in [1.29, 1.82) is 0 Å². The minimum atomic E-state index is -0.562. The van der Waals surface area contributed by atoms with E-state index in [1.807, 2.05) is 0 Å². The Bertz CT molecular complexity index is 649. The van der Waals surface area contributed by atoms with Gasteiger partial charge in [-0.25, -0.2) is 4.39 Å². The third-order valence-corrected chi connectivity index (χ3v) is 2.83. The molecule has 2 rings (SSSR count). The lowest BCUT2D eigenvalue weighted by atomic mass is 10.1. The first-order valence-corrected chi connectivity index (χ1v) is 5.94. The van der Waals surface area contributed by atoms with Gasteiger partial charge < -0.3 is 10.1 Å². The van der Waals surface area contributed by atoms with Crippen molar-refractivity contribution in [2.75, 3.05) is 0 Å². The number of carbonyl (C=O) groups excluding carboxylic acids is 1. The molecule has 104 valence electrons. The van der Waals surface area contributed by atoms with E-state index in [-0.39, 0.29) is 24.6 Å². The molecule has 1 aromatic carbocycles. The summed E-state index contributed by atoms with van der Waals surface area (Å²) < 4.78 is 14.1. The van der Waals surface area contributed by atoms with Crippen LogP contribution < -0.4 is 0 Å². The third kappa shape index (κ3) is 3.05. The molecule has 0 aliphatic carbocycles. The lowest BCUT2D eigenvalue weighted by Gasteiger charge is -1.99. The predicted octanol–water partition coefficient (Wildman–Crippen LogP) is 2.51. The van der Waals surface area contributed by atoms with Crippen molar-refractivity contribution >= 4 is 11.6 Å². The second-order valence-corrected chi connectivity index (χ2v) is 4.34. The van der Waals surface area contributed by atoms with E-state index in [1.54, 1.807) is 6.92 Å². The Labute approximate surface area is 114 Å². The third-order valence-electron chi connectivity index (χ3n) is 2.83. The zero-order valence-corrected chi connectivity index (χ0v) is 10.7. The normalized spacial score (nSPS) is 10.5. The summed E-state index contributed by atoms with van der Waals surface area (Å²) in [5, 5.41) is 14.4. The highest BCUT2D eigenvalue weighted by Gasteiger charge is 2.17. The van der Waals surface area contributed by atoms with E-state index < -0.39 is 10.7 Å². The zero-order chi connectivity index (χ0) is 14.7. The zero-order valence-electron chi connectivity index (χ0n) is 10.7. The van der Waals surface area contributed by atoms with E-state index in [1.165, 1.54) is 35.1 Å². The number of carbonyl (C=O) groups is 1. The molecule has 0 radical (unpaired) electrons. The topological polar surface area (TPSA) is 78.0 Å². The molecule has 6 nitrogen and oxygen atoms in total. The van der Waals surface area contributed by atoms with Crippen LogP contribution in [0.1, 0.15) is 22.3 Å². The fourth-order valence-corrected chi connectivity index (χ4v) is 1.80. The van der Waals surface area contributed by atoms with E-state index in [2.05, 4.69) is 5.10 Å². The summed E-state index contributed by atoms with van der Waals surface area (Å²) in [6, 6.07) is 5.26. The molecule has 0 amide bonds. The average molecular weight is 277 g/mol. The molecule has 0 spiro atoms. The van der Waals surface area contributed by atoms with Crippen molar-refractivity contribution < 1.29 is 14.1 Å². The Balaban J connectivity index is 2.01. The molecule has 1 heterocycles. The van der Waals surface area contributed by atoms with E-state index in [0.29, 0.717) is 11.1 Å². The van der Waals surface area contributed by atoms with Gasteiger partial charge in [-0.2, -0.15) is 4.68 Å². The highest BCUT2D eigenvalue weighted by molar-refractivity contribution is 5.95. The van der Waals surface area contributed by atoms with Crippen LogP contribution in [0.15, 0.2) is 30.5 Å². The number of benzene rings is 1. The summed E-state index contributed by atoms with van der Waals surface area (Å²) in [4.78, 5) is 21.9. The molecular weight excluding hydrogens is 265 g/mol. The van der Waals surface area contributed by atoms with Crippen LogP contribution in [0.25, 0.3) is 0 Å². The van der Waals surface area contributed by atoms with E-state index in [9.17, 15) is 19.3 Å². The molecular formula is C13H12FN3O3. The molecule has 0 fully saturated rings. The number of ketones is 1. The molecule has 0 saturated heterocycles. The number of nitro groups is 1. The second-order valence-electron chi connectivity index (χ2n) is 4.34. The smallest absolute Gasteiger partial charge is 0.358 e.